The topological polar surface area (TPSA) is 53.7 Å². The van der Waals surface area contributed by atoms with Gasteiger partial charge in [-0.15, -0.1) is 0 Å². The molecule has 0 atom stereocenters. The van der Waals surface area contributed by atoms with Gasteiger partial charge in [-0.1, -0.05) is 20.8 Å². The van der Waals surface area contributed by atoms with Gasteiger partial charge in [0.05, 0.1) is 26.5 Å². The summed E-state index contributed by atoms with van der Waals surface area (Å²) in [6.07, 6.45) is 0.959. The summed E-state index contributed by atoms with van der Waals surface area (Å²) >= 11 is 0. The maximum absolute atomic E-state index is 5.91. The van der Waals surface area contributed by atoms with Crippen LogP contribution in [0.25, 0.3) is 0 Å². The second-order valence-electron chi connectivity index (χ2n) is 5.40. The van der Waals surface area contributed by atoms with Crippen LogP contribution in [0, 0.1) is 5.41 Å². The monoisotopic (exact) mass is 253 g/mol. The number of methoxy groups -OCH3 is 2. The van der Waals surface area contributed by atoms with Gasteiger partial charge in [-0.3, -0.25) is 0 Å². The molecular weight excluding hydrogens is 230 g/mol. The smallest absolute Gasteiger partial charge is 0.164 e. The van der Waals surface area contributed by atoms with Gasteiger partial charge >= 0.3 is 0 Å². The van der Waals surface area contributed by atoms with Crippen molar-refractivity contribution in [3.63, 3.8) is 0 Å². The van der Waals surface area contributed by atoms with E-state index in [1.54, 1.807) is 26.4 Å². The number of hydrogen-bond acceptors (Lipinski definition) is 4. The summed E-state index contributed by atoms with van der Waals surface area (Å²) in [5, 5.41) is 0. The number of ether oxygens (including phenoxy) is 3. The van der Waals surface area contributed by atoms with E-state index in [9.17, 15) is 0 Å². The van der Waals surface area contributed by atoms with E-state index in [2.05, 4.69) is 20.8 Å². The summed E-state index contributed by atoms with van der Waals surface area (Å²) in [4.78, 5) is 0. The largest absolute Gasteiger partial charge is 0.493 e. The summed E-state index contributed by atoms with van der Waals surface area (Å²) in [6.45, 7) is 7.15. The Hall–Kier alpha value is -1.58. The molecule has 0 unspecified atom stereocenters. The van der Waals surface area contributed by atoms with Crippen LogP contribution in [0.4, 0.5) is 5.69 Å². The van der Waals surface area contributed by atoms with Crippen LogP contribution in [0.3, 0.4) is 0 Å². The third-order valence-corrected chi connectivity index (χ3v) is 2.63. The van der Waals surface area contributed by atoms with Crippen LogP contribution in [0.15, 0.2) is 12.1 Å². The highest BCUT2D eigenvalue weighted by atomic mass is 16.5. The number of nitrogen functional groups attached to an aromatic ring is 1. The van der Waals surface area contributed by atoms with Crippen molar-refractivity contribution in [1.82, 2.24) is 0 Å². The van der Waals surface area contributed by atoms with E-state index in [0.29, 0.717) is 29.5 Å². The standard InChI is InChI=1S/C14H23NO3/c1-14(2,3)6-7-18-11-9-13(17-5)12(16-4)8-10(11)15/h8-9H,6-7,15H2,1-5H3. The SMILES string of the molecule is COc1cc(N)c(OCCC(C)(C)C)cc1OC. The minimum atomic E-state index is 0.241. The molecule has 0 aliphatic rings. The highest BCUT2D eigenvalue weighted by Gasteiger charge is 2.13. The summed E-state index contributed by atoms with van der Waals surface area (Å²) in [5.41, 5.74) is 6.71. The molecule has 0 aromatic heterocycles. The van der Waals surface area contributed by atoms with Crippen LogP contribution < -0.4 is 19.9 Å². The molecule has 0 spiro atoms. The van der Waals surface area contributed by atoms with Crippen LogP contribution in [0.2, 0.25) is 0 Å². The van der Waals surface area contributed by atoms with Crippen LogP contribution in [0.5, 0.6) is 17.2 Å². The lowest BCUT2D eigenvalue weighted by atomic mass is 9.93. The molecule has 0 aliphatic heterocycles. The molecule has 0 aliphatic carbocycles. The Morgan fingerprint density at radius 2 is 1.56 bits per heavy atom. The van der Waals surface area contributed by atoms with Gasteiger partial charge in [0.15, 0.2) is 11.5 Å². The van der Waals surface area contributed by atoms with E-state index >= 15 is 0 Å². The van der Waals surface area contributed by atoms with E-state index in [1.807, 2.05) is 0 Å². The van der Waals surface area contributed by atoms with Crippen molar-refractivity contribution in [1.29, 1.82) is 0 Å². The van der Waals surface area contributed by atoms with Gasteiger partial charge in [0.25, 0.3) is 0 Å². The van der Waals surface area contributed by atoms with Crippen molar-refractivity contribution < 1.29 is 14.2 Å². The first-order chi connectivity index (χ1) is 8.37. The Bertz CT molecular complexity index is 397. The predicted molar refractivity (Wildman–Crippen MR) is 73.5 cm³/mol. The quantitative estimate of drug-likeness (QED) is 0.819. The molecule has 2 N–H and O–H groups in total. The summed E-state index contributed by atoms with van der Waals surface area (Å²) in [5.74, 6) is 1.87. The van der Waals surface area contributed by atoms with E-state index in [0.717, 1.165) is 6.42 Å². The van der Waals surface area contributed by atoms with E-state index in [4.69, 9.17) is 19.9 Å². The molecule has 0 saturated carbocycles. The van der Waals surface area contributed by atoms with Crippen molar-refractivity contribution in [2.45, 2.75) is 27.2 Å². The zero-order chi connectivity index (χ0) is 13.8. The molecule has 0 bridgehead atoms. The molecule has 0 fully saturated rings. The van der Waals surface area contributed by atoms with Crippen molar-refractivity contribution in [3.8, 4) is 17.2 Å². The van der Waals surface area contributed by atoms with E-state index < -0.39 is 0 Å². The Kier molecular flexibility index (Phi) is 4.70. The van der Waals surface area contributed by atoms with Gasteiger partial charge in [-0.05, 0) is 11.8 Å². The van der Waals surface area contributed by atoms with E-state index in [-0.39, 0.29) is 5.41 Å². The zero-order valence-corrected chi connectivity index (χ0v) is 11.9. The van der Waals surface area contributed by atoms with Crippen LogP contribution in [-0.2, 0) is 0 Å². The fraction of sp³-hybridized carbons (Fsp3) is 0.571. The first-order valence-corrected chi connectivity index (χ1v) is 6.01. The number of benzene rings is 1. The summed E-state index contributed by atoms with van der Waals surface area (Å²) < 4.78 is 16.1. The van der Waals surface area contributed by atoms with Gasteiger partial charge in [0, 0.05) is 12.1 Å². The van der Waals surface area contributed by atoms with E-state index in [1.165, 1.54) is 0 Å². The molecule has 4 nitrogen and oxygen atoms in total. The Balaban J connectivity index is 2.77. The lowest BCUT2D eigenvalue weighted by molar-refractivity contribution is 0.242. The fourth-order valence-corrected chi connectivity index (χ4v) is 1.47. The maximum atomic E-state index is 5.91. The molecule has 0 radical (unpaired) electrons. The van der Waals surface area contributed by atoms with Crippen LogP contribution in [0.1, 0.15) is 27.2 Å². The molecule has 0 saturated heterocycles. The number of rotatable bonds is 5. The van der Waals surface area contributed by atoms with Crippen LogP contribution >= 0.6 is 0 Å². The molecule has 102 valence electrons. The average molecular weight is 253 g/mol. The Labute approximate surface area is 109 Å². The van der Waals surface area contributed by atoms with Gasteiger partial charge in [0.2, 0.25) is 0 Å². The minimum Gasteiger partial charge on any atom is -0.493 e. The first-order valence-electron chi connectivity index (χ1n) is 6.01. The lowest BCUT2D eigenvalue weighted by Crippen LogP contribution is -2.11. The molecule has 1 aromatic rings. The Morgan fingerprint density at radius 3 is 2.06 bits per heavy atom. The molecule has 1 rings (SSSR count). The average Bonchev–Trinajstić information content (AvgIpc) is 2.29. The molecule has 0 amide bonds. The lowest BCUT2D eigenvalue weighted by Gasteiger charge is -2.19. The third kappa shape index (κ3) is 4.02. The predicted octanol–water partition coefficient (Wildman–Crippen LogP) is 3.10. The highest BCUT2D eigenvalue weighted by Crippen LogP contribution is 2.36. The minimum absolute atomic E-state index is 0.241. The van der Waals surface area contributed by atoms with Crippen molar-refractivity contribution in [3.05, 3.63) is 12.1 Å². The number of hydrogen-bond donors (Lipinski definition) is 1. The van der Waals surface area contributed by atoms with Crippen molar-refractivity contribution in [2.75, 3.05) is 26.6 Å². The molecule has 18 heavy (non-hydrogen) atoms. The van der Waals surface area contributed by atoms with Crippen LogP contribution in [-0.4, -0.2) is 20.8 Å². The normalized spacial score (nSPS) is 11.2. The fourth-order valence-electron chi connectivity index (χ4n) is 1.47. The van der Waals surface area contributed by atoms with Gasteiger partial charge in [-0.2, -0.15) is 0 Å². The first kappa shape index (κ1) is 14.5. The summed E-state index contributed by atoms with van der Waals surface area (Å²) in [6, 6.07) is 3.47. The highest BCUT2D eigenvalue weighted by molar-refractivity contribution is 5.61. The summed E-state index contributed by atoms with van der Waals surface area (Å²) in [7, 11) is 3.17. The third-order valence-electron chi connectivity index (χ3n) is 2.63. The molecule has 0 heterocycles. The molecule has 4 heteroatoms. The molecular formula is C14H23NO3. The van der Waals surface area contributed by atoms with Gasteiger partial charge < -0.3 is 19.9 Å². The molecule has 1 aromatic carbocycles. The second-order valence-corrected chi connectivity index (χ2v) is 5.40. The maximum Gasteiger partial charge on any atom is 0.164 e. The van der Waals surface area contributed by atoms with Gasteiger partial charge in [0.1, 0.15) is 5.75 Å². The Morgan fingerprint density at radius 1 is 1.00 bits per heavy atom. The van der Waals surface area contributed by atoms with Gasteiger partial charge in [-0.25, -0.2) is 0 Å². The van der Waals surface area contributed by atoms with Crippen molar-refractivity contribution in [2.24, 2.45) is 5.41 Å². The zero-order valence-electron chi connectivity index (χ0n) is 11.9. The second kappa shape index (κ2) is 5.85. The number of anilines is 1. The van der Waals surface area contributed by atoms with Crippen molar-refractivity contribution >= 4 is 5.69 Å². The number of nitrogens with two attached hydrogens (primary N) is 1.